The third-order valence-corrected chi connectivity index (χ3v) is 3.93. The van der Waals surface area contributed by atoms with Crippen LogP contribution in [-0.2, 0) is 4.79 Å². The van der Waals surface area contributed by atoms with Crippen LogP contribution in [0.2, 0.25) is 0 Å². The van der Waals surface area contributed by atoms with E-state index < -0.39 is 0 Å². The first-order chi connectivity index (χ1) is 8.19. The number of rotatable bonds is 5. The van der Waals surface area contributed by atoms with Crippen molar-refractivity contribution in [2.24, 2.45) is 17.6 Å². The Kier molecular flexibility index (Phi) is 4.40. The van der Waals surface area contributed by atoms with E-state index in [4.69, 9.17) is 5.73 Å². The number of carbonyl (C=O) groups excluding carboxylic acids is 1. The Morgan fingerprint density at radius 2 is 2.06 bits per heavy atom. The maximum atomic E-state index is 11.8. The summed E-state index contributed by atoms with van der Waals surface area (Å²) in [5.41, 5.74) is 5.63. The smallest absolute Gasteiger partial charge is 0.222 e. The first-order valence-electron chi connectivity index (χ1n) is 6.89. The number of nitrogens with two attached hydrogens (primary N) is 1. The largest absolute Gasteiger partial charge is 0.342 e. The van der Waals surface area contributed by atoms with E-state index in [-0.39, 0.29) is 0 Å². The number of likely N-dealkylation sites (tertiary alicyclic amines) is 2. The predicted molar refractivity (Wildman–Crippen MR) is 68.6 cm³/mol. The van der Waals surface area contributed by atoms with Gasteiger partial charge in [-0.1, -0.05) is 6.92 Å². The fourth-order valence-electron chi connectivity index (χ4n) is 3.03. The predicted octanol–water partition coefficient (Wildman–Crippen LogP) is 0.526. The molecule has 0 bridgehead atoms. The molecule has 0 aromatic carbocycles. The second kappa shape index (κ2) is 5.83. The summed E-state index contributed by atoms with van der Waals surface area (Å²) in [6.45, 7) is 8.29. The molecule has 0 saturated carbocycles. The minimum Gasteiger partial charge on any atom is -0.342 e. The van der Waals surface area contributed by atoms with Gasteiger partial charge < -0.3 is 15.5 Å². The average Bonchev–Trinajstić information content (AvgIpc) is 2.89. The van der Waals surface area contributed by atoms with Gasteiger partial charge in [-0.2, -0.15) is 0 Å². The molecule has 2 heterocycles. The zero-order chi connectivity index (χ0) is 12.3. The Balaban J connectivity index is 1.74. The quantitative estimate of drug-likeness (QED) is 0.761. The lowest BCUT2D eigenvalue weighted by Crippen LogP contribution is -2.35. The molecular formula is C13H25N3O. The summed E-state index contributed by atoms with van der Waals surface area (Å²) in [5.74, 6) is 1.27. The summed E-state index contributed by atoms with van der Waals surface area (Å²) in [6, 6.07) is 0. The van der Waals surface area contributed by atoms with Crippen LogP contribution in [0, 0.1) is 11.8 Å². The number of carbonyl (C=O) groups is 1. The van der Waals surface area contributed by atoms with Gasteiger partial charge in [0.1, 0.15) is 0 Å². The highest BCUT2D eigenvalue weighted by molar-refractivity contribution is 5.78. The molecule has 0 aromatic rings. The lowest BCUT2D eigenvalue weighted by molar-refractivity contribution is -0.128. The Morgan fingerprint density at radius 1 is 1.35 bits per heavy atom. The van der Waals surface area contributed by atoms with Crippen molar-refractivity contribution in [1.82, 2.24) is 9.80 Å². The second-order valence-corrected chi connectivity index (χ2v) is 5.72. The van der Waals surface area contributed by atoms with Gasteiger partial charge in [0.15, 0.2) is 0 Å². The minimum absolute atomic E-state index is 0.300. The third-order valence-electron chi connectivity index (χ3n) is 3.93. The molecule has 4 nitrogen and oxygen atoms in total. The van der Waals surface area contributed by atoms with Gasteiger partial charge in [0, 0.05) is 26.1 Å². The van der Waals surface area contributed by atoms with Crippen LogP contribution in [0.5, 0.6) is 0 Å². The topological polar surface area (TPSA) is 49.6 Å². The number of nitrogens with zero attached hydrogens (tertiary/aromatic N) is 2. The highest BCUT2D eigenvalue weighted by Gasteiger charge is 2.29. The van der Waals surface area contributed by atoms with E-state index in [1.807, 2.05) is 4.90 Å². The maximum Gasteiger partial charge on any atom is 0.222 e. The Morgan fingerprint density at radius 3 is 2.65 bits per heavy atom. The number of hydrogen-bond donors (Lipinski definition) is 1. The molecule has 2 rings (SSSR count). The molecule has 2 fully saturated rings. The molecule has 2 saturated heterocycles. The van der Waals surface area contributed by atoms with Crippen LogP contribution in [0.4, 0.5) is 0 Å². The second-order valence-electron chi connectivity index (χ2n) is 5.72. The molecule has 2 aliphatic heterocycles. The van der Waals surface area contributed by atoms with Gasteiger partial charge >= 0.3 is 0 Å². The Hall–Kier alpha value is -0.610. The first kappa shape index (κ1) is 12.8. The summed E-state index contributed by atoms with van der Waals surface area (Å²) in [5, 5.41) is 0. The van der Waals surface area contributed by atoms with Crippen molar-refractivity contribution < 1.29 is 4.79 Å². The van der Waals surface area contributed by atoms with Gasteiger partial charge in [-0.05, 0) is 44.3 Å². The maximum absolute atomic E-state index is 11.8. The van der Waals surface area contributed by atoms with E-state index in [9.17, 15) is 4.79 Å². The Bertz CT molecular complexity index is 263. The highest BCUT2D eigenvalue weighted by Crippen LogP contribution is 2.19. The van der Waals surface area contributed by atoms with E-state index >= 15 is 0 Å². The monoisotopic (exact) mass is 239 g/mol. The molecule has 0 spiro atoms. The fourth-order valence-corrected chi connectivity index (χ4v) is 3.03. The standard InChI is InChI=1S/C13H25N3O/c1-11(8-15-4-2-3-5-15)9-16-10-12(7-14)6-13(16)17/h11-12H,2-10,14H2,1H3. The van der Waals surface area contributed by atoms with Crippen molar-refractivity contribution in [3.05, 3.63) is 0 Å². The van der Waals surface area contributed by atoms with E-state index in [2.05, 4.69) is 11.8 Å². The molecule has 4 heteroatoms. The van der Waals surface area contributed by atoms with Crippen LogP contribution in [0.1, 0.15) is 26.2 Å². The molecule has 2 unspecified atom stereocenters. The van der Waals surface area contributed by atoms with Crippen LogP contribution in [0.25, 0.3) is 0 Å². The summed E-state index contributed by atoms with van der Waals surface area (Å²) in [6.07, 6.45) is 3.34. The third kappa shape index (κ3) is 3.42. The van der Waals surface area contributed by atoms with Gasteiger partial charge in [0.2, 0.25) is 5.91 Å². The minimum atomic E-state index is 0.300. The van der Waals surface area contributed by atoms with Crippen molar-refractivity contribution in [3.8, 4) is 0 Å². The van der Waals surface area contributed by atoms with Crippen molar-refractivity contribution >= 4 is 5.91 Å². The zero-order valence-corrected chi connectivity index (χ0v) is 10.9. The van der Waals surface area contributed by atoms with Crippen LogP contribution < -0.4 is 5.73 Å². The van der Waals surface area contributed by atoms with E-state index in [1.54, 1.807) is 0 Å². The lowest BCUT2D eigenvalue weighted by atomic mass is 10.1. The van der Waals surface area contributed by atoms with E-state index in [1.165, 1.54) is 25.9 Å². The summed E-state index contributed by atoms with van der Waals surface area (Å²) in [7, 11) is 0. The van der Waals surface area contributed by atoms with Gasteiger partial charge in [0.05, 0.1) is 0 Å². The van der Waals surface area contributed by atoms with Crippen LogP contribution >= 0.6 is 0 Å². The normalized spacial score (nSPS) is 28.0. The fraction of sp³-hybridized carbons (Fsp3) is 0.923. The first-order valence-corrected chi connectivity index (χ1v) is 6.89. The van der Waals surface area contributed by atoms with Crippen molar-refractivity contribution in [2.45, 2.75) is 26.2 Å². The lowest BCUT2D eigenvalue weighted by Gasteiger charge is -2.25. The molecule has 0 aromatic heterocycles. The Labute approximate surface area is 104 Å². The zero-order valence-electron chi connectivity index (χ0n) is 10.9. The molecule has 17 heavy (non-hydrogen) atoms. The molecular weight excluding hydrogens is 214 g/mol. The molecule has 0 aliphatic carbocycles. The van der Waals surface area contributed by atoms with Gasteiger partial charge in [-0.25, -0.2) is 0 Å². The number of amides is 1. The summed E-state index contributed by atoms with van der Waals surface area (Å²) in [4.78, 5) is 16.3. The SMILES string of the molecule is CC(CN1CCCC1)CN1CC(CN)CC1=O. The average molecular weight is 239 g/mol. The number of hydrogen-bond acceptors (Lipinski definition) is 3. The van der Waals surface area contributed by atoms with E-state index in [0.717, 1.165) is 19.6 Å². The van der Waals surface area contributed by atoms with Crippen molar-refractivity contribution in [3.63, 3.8) is 0 Å². The molecule has 1 amide bonds. The van der Waals surface area contributed by atoms with Crippen molar-refractivity contribution in [1.29, 1.82) is 0 Å². The molecule has 2 atom stereocenters. The van der Waals surface area contributed by atoms with Gasteiger partial charge in [-0.3, -0.25) is 4.79 Å². The van der Waals surface area contributed by atoms with Crippen LogP contribution in [0.15, 0.2) is 0 Å². The molecule has 2 N–H and O–H groups in total. The highest BCUT2D eigenvalue weighted by atomic mass is 16.2. The summed E-state index contributed by atoms with van der Waals surface area (Å²) < 4.78 is 0. The molecule has 0 radical (unpaired) electrons. The van der Waals surface area contributed by atoms with Crippen LogP contribution in [-0.4, -0.2) is 55.0 Å². The molecule has 2 aliphatic rings. The van der Waals surface area contributed by atoms with Crippen molar-refractivity contribution in [2.75, 3.05) is 39.3 Å². The summed E-state index contributed by atoms with van der Waals surface area (Å²) >= 11 is 0. The van der Waals surface area contributed by atoms with Gasteiger partial charge in [-0.15, -0.1) is 0 Å². The van der Waals surface area contributed by atoms with Crippen LogP contribution in [0.3, 0.4) is 0 Å². The van der Waals surface area contributed by atoms with E-state index in [0.29, 0.717) is 30.7 Å². The van der Waals surface area contributed by atoms with Gasteiger partial charge in [0.25, 0.3) is 0 Å². The molecule has 98 valence electrons.